The monoisotopic (exact) mass is 224 g/mol. The second-order valence-corrected chi connectivity index (χ2v) is 3.80. The number of nitrogens with two attached hydrogens (primary N) is 1. The average molecular weight is 224 g/mol. The third-order valence-electron chi connectivity index (χ3n) is 2.48. The van der Waals surface area contributed by atoms with Gasteiger partial charge in [0, 0.05) is 0 Å². The van der Waals surface area contributed by atoms with E-state index in [4.69, 9.17) is 5.73 Å². The minimum atomic E-state index is -0.504. The Labute approximate surface area is 94.8 Å². The zero-order valence-corrected chi connectivity index (χ0v) is 9.53. The molecule has 0 aromatic heterocycles. The first-order valence-electron chi connectivity index (χ1n) is 5.36. The molecule has 0 saturated carbocycles. The van der Waals surface area contributed by atoms with Crippen LogP contribution in [0.2, 0.25) is 0 Å². The molecule has 0 bridgehead atoms. The van der Waals surface area contributed by atoms with Crippen molar-refractivity contribution in [1.82, 2.24) is 5.32 Å². The van der Waals surface area contributed by atoms with Crippen LogP contribution >= 0.6 is 0 Å². The lowest BCUT2D eigenvalue weighted by molar-refractivity contribution is -0.123. The highest BCUT2D eigenvalue weighted by molar-refractivity contribution is 5.81. The van der Waals surface area contributed by atoms with Gasteiger partial charge in [0.05, 0.1) is 12.1 Å². The van der Waals surface area contributed by atoms with E-state index in [1.807, 2.05) is 6.92 Å². The average Bonchev–Trinajstić information content (AvgIpc) is 2.27. The van der Waals surface area contributed by atoms with Crippen molar-refractivity contribution < 1.29 is 9.18 Å². The quantitative estimate of drug-likeness (QED) is 0.818. The maximum Gasteiger partial charge on any atom is 0.237 e. The van der Waals surface area contributed by atoms with E-state index in [2.05, 4.69) is 5.32 Å². The van der Waals surface area contributed by atoms with E-state index in [0.29, 0.717) is 6.42 Å². The molecule has 0 spiro atoms. The highest BCUT2D eigenvalue weighted by Gasteiger charge is 2.14. The van der Waals surface area contributed by atoms with E-state index in [0.717, 1.165) is 5.56 Å². The summed E-state index contributed by atoms with van der Waals surface area (Å²) in [5.41, 5.74) is 6.32. The van der Waals surface area contributed by atoms with Gasteiger partial charge < -0.3 is 11.1 Å². The molecule has 0 aliphatic rings. The molecule has 2 atom stereocenters. The van der Waals surface area contributed by atoms with E-state index < -0.39 is 6.04 Å². The van der Waals surface area contributed by atoms with Gasteiger partial charge in [-0.25, -0.2) is 4.39 Å². The van der Waals surface area contributed by atoms with Gasteiger partial charge >= 0.3 is 0 Å². The minimum Gasteiger partial charge on any atom is -0.348 e. The van der Waals surface area contributed by atoms with Gasteiger partial charge in [-0.15, -0.1) is 0 Å². The van der Waals surface area contributed by atoms with Crippen LogP contribution in [-0.2, 0) is 4.79 Å². The summed E-state index contributed by atoms with van der Waals surface area (Å²) >= 11 is 0. The van der Waals surface area contributed by atoms with E-state index in [1.54, 1.807) is 19.1 Å². The van der Waals surface area contributed by atoms with Crippen molar-refractivity contribution in [2.45, 2.75) is 32.4 Å². The van der Waals surface area contributed by atoms with Crippen LogP contribution in [0.1, 0.15) is 31.9 Å². The zero-order valence-electron chi connectivity index (χ0n) is 9.53. The third-order valence-corrected chi connectivity index (χ3v) is 2.48. The number of hydrogen-bond donors (Lipinski definition) is 2. The molecule has 1 amide bonds. The summed E-state index contributed by atoms with van der Waals surface area (Å²) in [5.74, 6) is -0.516. The van der Waals surface area contributed by atoms with Crippen LogP contribution in [-0.4, -0.2) is 11.9 Å². The Morgan fingerprint density at radius 3 is 2.81 bits per heavy atom. The molecule has 16 heavy (non-hydrogen) atoms. The molecule has 1 unspecified atom stereocenters. The van der Waals surface area contributed by atoms with E-state index in [1.165, 1.54) is 12.1 Å². The molecule has 1 aromatic carbocycles. The Bertz CT molecular complexity index is 368. The van der Waals surface area contributed by atoms with Crippen LogP contribution in [0.25, 0.3) is 0 Å². The maximum absolute atomic E-state index is 13.0. The molecule has 0 aliphatic heterocycles. The SMILES string of the molecule is CCC(N)C(=O)N[C@@H](C)c1cccc(F)c1. The number of halogens is 1. The number of benzene rings is 1. The molecule has 3 N–H and O–H groups in total. The lowest BCUT2D eigenvalue weighted by Crippen LogP contribution is -2.41. The van der Waals surface area contributed by atoms with Crippen LogP contribution in [0.15, 0.2) is 24.3 Å². The molecule has 4 heteroatoms. The van der Waals surface area contributed by atoms with Crippen LogP contribution in [0.4, 0.5) is 4.39 Å². The standard InChI is InChI=1S/C12H17FN2O/c1-3-11(14)12(16)15-8(2)9-5-4-6-10(13)7-9/h4-8,11H,3,14H2,1-2H3,(H,15,16)/t8-,11?/m0/s1. The number of carbonyl (C=O) groups excluding carboxylic acids is 1. The highest BCUT2D eigenvalue weighted by atomic mass is 19.1. The predicted molar refractivity (Wildman–Crippen MR) is 61.2 cm³/mol. The first-order valence-corrected chi connectivity index (χ1v) is 5.36. The molecule has 3 nitrogen and oxygen atoms in total. The normalized spacial score (nSPS) is 14.2. The van der Waals surface area contributed by atoms with Gasteiger partial charge in [-0.05, 0) is 31.0 Å². The number of amides is 1. The summed E-state index contributed by atoms with van der Waals surface area (Å²) in [5, 5.41) is 2.74. The van der Waals surface area contributed by atoms with Crippen LogP contribution in [0.3, 0.4) is 0 Å². The van der Waals surface area contributed by atoms with Gasteiger partial charge in [0.1, 0.15) is 5.82 Å². The van der Waals surface area contributed by atoms with Crippen molar-refractivity contribution in [3.63, 3.8) is 0 Å². The molecule has 1 aromatic rings. The molecule has 0 fully saturated rings. The number of rotatable bonds is 4. The van der Waals surface area contributed by atoms with Gasteiger partial charge in [-0.2, -0.15) is 0 Å². The summed E-state index contributed by atoms with van der Waals surface area (Å²) in [6, 6.07) is 5.42. The van der Waals surface area contributed by atoms with Crippen LogP contribution in [0.5, 0.6) is 0 Å². The molecular formula is C12H17FN2O. The third kappa shape index (κ3) is 3.31. The molecule has 1 rings (SSSR count). The van der Waals surface area contributed by atoms with Crippen molar-refractivity contribution in [3.05, 3.63) is 35.6 Å². The Balaban J connectivity index is 2.65. The first-order chi connectivity index (χ1) is 7.54. The fraction of sp³-hybridized carbons (Fsp3) is 0.417. The Morgan fingerprint density at radius 1 is 1.56 bits per heavy atom. The topological polar surface area (TPSA) is 55.1 Å². The highest BCUT2D eigenvalue weighted by Crippen LogP contribution is 2.13. The van der Waals surface area contributed by atoms with Crippen molar-refractivity contribution in [3.8, 4) is 0 Å². The second-order valence-electron chi connectivity index (χ2n) is 3.80. The summed E-state index contributed by atoms with van der Waals surface area (Å²) in [6.07, 6.45) is 0.585. The van der Waals surface area contributed by atoms with Gasteiger partial charge in [-0.3, -0.25) is 4.79 Å². The van der Waals surface area contributed by atoms with Crippen molar-refractivity contribution in [1.29, 1.82) is 0 Å². The molecule has 0 aliphatic carbocycles. The lowest BCUT2D eigenvalue weighted by atomic mass is 10.1. The van der Waals surface area contributed by atoms with Gasteiger partial charge in [-0.1, -0.05) is 19.1 Å². The van der Waals surface area contributed by atoms with Gasteiger partial charge in [0.15, 0.2) is 0 Å². The second kappa shape index (κ2) is 5.61. The molecule has 0 saturated heterocycles. The Kier molecular flexibility index (Phi) is 4.43. The first kappa shape index (κ1) is 12.6. The number of hydrogen-bond acceptors (Lipinski definition) is 2. The number of nitrogens with one attached hydrogen (secondary N) is 1. The summed E-state index contributed by atoms with van der Waals surface area (Å²) in [4.78, 5) is 11.5. The fourth-order valence-electron chi connectivity index (χ4n) is 1.37. The van der Waals surface area contributed by atoms with E-state index in [-0.39, 0.29) is 17.8 Å². The summed E-state index contributed by atoms with van der Waals surface area (Å²) in [6.45, 7) is 3.64. The van der Waals surface area contributed by atoms with Crippen molar-refractivity contribution in [2.75, 3.05) is 0 Å². The number of carbonyl (C=O) groups is 1. The van der Waals surface area contributed by atoms with Crippen molar-refractivity contribution in [2.24, 2.45) is 5.73 Å². The van der Waals surface area contributed by atoms with E-state index in [9.17, 15) is 9.18 Å². The zero-order chi connectivity index (χ0) is 12.1. The van der Waals surface area contributed by atoms with Crippen LogP contribution < -0.4 is 11.1 Å². The molecule has 0 radical (unpaired) electrons. The molecule has 0 heterocycles. The predicted octanol–water partition coefficient (Wildman–Crippen LogP) is 1.74. The van der Waals surface area contributed by atoms with Crippen molar-refractivity contribution >= 4 is 5.91 Å². The molecule has 88 valence electrons. The van der Waals surface area contributed by atoms with E-state index >= 15 is 0 Å². The summed E-state index contributed by atoms with van der Waals surface area (Å²) < 4.78 is 13.0. The Morgan fingerprint density at radius 2 is 2.25 bits per heavy atom. The van der Waals surface area contributed by atoms with Crippen LogP contribution in [0, 0.1) is 5.82 Å². The summed E-state index contributed by atoms with van der Waals surface area (Å²) in [7, 11) is 0. The lowest BCUT2D eigenvalue weighted by Gasteiger charge is -2.17. The Hall–Kier alpha value is -1.42. The van der Waals surface area contributed by atoms with Gasteiger partial charge in [0.25, 0.3) is 0 Å². The largest absolute Gasteiger partial charge is 0.348 e. The fourth-order valence-corrected chi connectivity index (χ4v) is 1.37. The maximum atomic E-state index is 13.0. The smallest absolute Gasteiger partial charge is 0.237 e. The van der Waals surface area contributed by atoms with Gasteiger partial charge in [0.2, 0.25) is 5.91 Å². The minimum absolute atomic E-state index is 0.209. The molecular weight excluding hydrogens is 207 g/mol.